The van der Waals surface area contributed by atoms with Crippen molar-refractivity contribution < 1.29 is 32.2 Å². The van der Waals surface area contributed by atoms with Gasteiger partial charge in [-0.2, -0.15) is 4.31 Å². The number of sulfonamides is 1. The lowest BCUT2D eigenvalue weighted by molar-refractivity contribution is -0.118. The van der Waals surface area contributed by atoms with Crippen molar-refractivity contribution in [3.05, 3.63) is 42.5 Å². The van der Waals surface area contributed by atoms with Crippen molar-refractivity contribution in [3.8, 4) is 17.2 Å². The number of hydrogen-bond acceptors (Lipinski definition) is 7. The second-order valence-corrected chi connectivity index (χ2v) is 9.29. The Morgan fingerprint density at radius 2 is 1.75 bits per heavy atom. The van der Waals surface area contributed by atoms with E-state index in [1.165, 1.54) is 16.4 Å². The van der Waals surface area contributed by atoms with Gasteiger partial charge in [-0.25, -0.2) is 8.42 Å². The molecule has 174 valence electrons. The molecule has 2 aromatic rings. The van der Waals surface area contributed by atoms with Crippen molar-refractivity contribution in [2.45, 2.75) is 24.8 Å². The number of benzene rings is 2. The summed E-state index contributed by atoms with van der Waals surface area (Å²) in [4.78, 5) is 12.6. The Hall–Kier alpha value is -2.82. The quantitative estimate of drug-likeness (QED) is 0.608. The predicted octanol–water partition coefficient (Wildman–Crippen LogP) is 2.52. The van der Waals surface area contributed by atoms with Gasteiger partial charge in [0.2, 0.25) is 10.0 Å². The van der Waals surface area contributed by atoms with Gasteiger partial charge in [0.15, 0.2) is 6.61 Å². The zero-order valence-corrected chi connectivity index (χ0v) is 19.2. The molecule has 0 aliphatic carbocycles. The Morgan fingerprint density at radius 3 is 2.38 bits per heavy atom. The van der Waals surface area contributed by atoms with Gasteiger partial charge in [-0.3, -0.25) is 4.79 Å². The number of methoxy groups -OCH3 is 1. The highest BCUT2D eigenvalue weighted by Gasteiger charge is 2.27. The second kappa shape index (κ2) is 10.7. The Balaban J connectivity index is 1.76. The first kappa shape index (κ1) is 23.8. The highest BCUT2D eigenvalue weighted by atomic mass is 32.2. The predicted molar refractivity (Wildman–Crippen MR) is 119 cm³/mol. The molecule has 2 aromatic carbocycles. The maximum absolute atomic E-state index is 13.0. The molecule has 1 amide bonds. The van der Waals surface area contributed by atoms with Crippen molar-refractivity contribution >= 4 is 21.6 Å². The molecule has 0 aromatic heterocycles. The monoisotopic (exact) mass is 464 g/mol. The maximum Gasteiger partial charge on any atom is 0.262 e. The molecule has 1 N–H and O–H groups in total. The van der Waals surface area contributed by atoms with E-state index in [4.69, 9.17) is 18.9 Å². The summed E-state index contributed by atoms with van der Waals surface area (Å²) in [5.74, 6) is 1.10. The molecule has 1 aliphatic heterocycles. The number of amides is 1. The lowest BCUT2D eigenvalue weighted by atomic mass is 10.3. The summed E-state index contributed by atoms with van der Waals surface area (Å²) in [6, 6.07) is 11.3. The normalized spacial score (nSPS) is 14.8. The SMILES string of the molecule is COc1ccc(OCC(=O)Nc2cc(S(=O)(=O)N3CCOCC3)ccc2OC(C)C)cc1. The fourth-order valence-corrected chi connectivity index (χ4v) is 4.50. The Bertz CT molecular complexity index is 1020. The molecule has 9 nitrogen and oxygen atoms in total. The van der Waals surface area contributed by atoms with E-state index < -0.39 is 15.9 Å². The molecule has 0 unspecified atom stereocenters. The van der Waals surface area contributed by atoms with Gasteiger partial charge in [-0.15, -0.1) is 0 Å². The third kappa shape index (κ3) is 6.12. The van der Waals surface area contributed by atoms with E-state index in [0.29, 0.717) is 30.5 Å². The van der Waals surface area contributed by atoms with Gasteiger partial charge in [-0.1, -0.05) is 0 Å². The average molecular weight is 465 g/mol. The lowest BCUT2D eigenvalue weighted by Crippen LogP contribution is -2.40. The van der Waals surface area contributed by atoms with Crippen LogP contribution in [0.4, 0.5) is 5.69 Å². The van der Waals surface area contributed by atoms with E-state index in [9.17, 15) is 13.2 Å². The van der Waals surface area contributed by atoms with Crippen LogP contribution in [0, 0.1) is 0 Å². The largest absolute Gasteiger partial charge is 0.497 e. The van der Waals surface area contributed by atoms with Gasteiger partial charge in [0.1, 0.15) is 17.2 Å². The third-order valence-corrected chi connectivity index (χ3v) is 6.52. The zero-order valence-electron chi connectivity index (χ0n) is 18.4. The number of ether oxygens (including phenoxy) is 4. The molecule has 0 radical (unpaired) electrons. The van der Waals surface area contributed by atoms with Crippen LogP contribution in [0.5, 0.6) is 17.2 Å². The van der Waals surface area contributed by atoms with Gasteiger partial charge in [0, 0.05) is 13.1 Å². The Labute approximate surface area is 188 Å². The van der Waals surface area contributed by atoms with Crippen molar-refractivity contribution in [1.29, 1.82) is 0 Å². The van der Waals surface area contributed by atoms with Crippen molar-refractivity contribution in [2.75, 3.05) is 45.3 Å². The number of rotatable bonds is 9. The minimum Gasteiger partial charge on any atom is -0.497 e. The molecule has 3 rings (SSSR count). The van der Waals surface area contributed by atoms with Crippen LogP contribution in [0.25, 0.3) is 0 Å². The van der Waals surface area contributed by atoms with Gasteiger partial charge in [-0.05, 0) is 56.3 Å². The topological polar surface area (TPSA) is 103 Å². The first-order chi connectivity index (χ1) is 15.3. The maximum atomic E-state index is 13.0. The minimum absolute atomic E-state index is 0.0712. The summed E-state index contributed by atoms with van der Waals surface area (Å²) in [5, 5.41) is 2.70. The molecular formula is C22H28N2O7S. The molecule has 1 fully saturated rings. The molecule has 1 saturated heterocycles. The standard InChI is InChI=1S/C22H28N2O7S/c1-16(2)31-21-9-8-19(32(26,27)24-10-12-29-13-11-24)14-20(21)23-22(25)15-30-18-6-4-17(28-3)5-7-18/h4-9,14,16H,10-13,15H2,1-3H3,(H,23,25). The first-order valence-electron chi connectivity index (χ1n) is 10.2. The van der Waals surface area contributed by atoms with Crippen LogP contribution >= 0.6 is 0 Å². The molecule has 1 heterocycles. The Morgan fingerprint density at radius 1 is 1.09 bits per heavy atom. The van der Waals surface area contributed by atoms with E-state index >= 15 is 0 Å². The summed E-state index contributed by atoms with van der Waals surface area (Å²) in [6.45, 7) is 4.69. The van der Waals surface area contributed by atoms with E-state index in [2.05, 4.69) is 5.32 Å². The summed E-state index contributed by atoms with van der Waals surface area (Å²) in [6.07, 6.45) is -0.164. The fourth-order valence-electron chi connectivity index (χ4n) is 3.07. The summed E-state index contributed by atoms with van der Waals surface area (Å²) in [5.41, 5.74) is 0.261. The Kier molecular flexibility index (Phi) is 7.94. The number of hydrogen-bond donors (Lipinski definition) is 1. The van der Waals surface area contributed by atoms with Crippen LogP contribution in [-0.2, 0) is 19.6 Å². The summed E-state index contributed by atoms with van der Waals surface area (Å²) in [7, 11) is -2.16. The number of morpholine rings is 1. The fraction of sp³-hybridized carbons (Fsp3) is 0.409. The van der Waals surface area contributed by atoms with Crippen LogP contribution in [0.2, 0.25) is 0 Å². The smallest absolute Gasteiger partial charge is 0.262 e. The average Bonchev–Trinajstić information content (AvgIpc) is 2.79. The molecule has 0 atom stereocenters. The van der Waals surface area contributed by atoms with Gasteiger partial charge >= 0.3 is 0 Å². The van der Waals surface area contributed by atoms with Gasteiger partial charge in [0.05, 0.1) is 37.0 Å². The number of nitrogens with one attached hydrogen (secondary N) is 1. The van der Waals surface area contributed by atoms with Crippen LogP contribution in [0.3, 0.4) is 0 Å². The third-order valence-electron chi connectivity index (χ3n) is 4.62. The molecule has 10 heteroatoms. The van der Waals surface area contributed by atoms with Crippen molar-refractivity contribution in [1.82, 2.24) is 4.31 Å². The molecule has 1 aliphatic rings. The van der Waals surface area contributed by atoms with Crippen LogP contribution < -0.4 is 19.5 Å². The van der Waals surface area contributed by atoms with E-state index in [1.54, 1.807) is 37.4 Å². The van der Waals surface area contributed by atoms with Gasteiger partial charge in [0.25, 0.3) is 5.91 Å². The summed E-state index contributed by atoms with van der Waals surface area (Å²) < 4.78 is 49.0. The lowest BCUT2D eigenvalue weighted by Gasteiger charge is -2.26. The highest BCUT2D eigenvalue weighted by Crippen LogP contribution is 2.30. The molecular weight excluding hydrogens is 436 g/mol. The van der Waals surface area contributed by atoms with E-state index in [-0.39, 0.29) is 36.4 Å². The molecule has 0 bridgehead atoms. The highest BCUT2D eigenvalue weighted by molar-refractivity contribution is 7.89. The second-order valence-electron chi connectivity index (χ2n) is 7.35. The zero-order chi connectivity index (χ0) is 23.1. The van der Waals surface area contributed by atoms with Crippen molar-refractivity contribution in [3.63, 3.8) is 0 Å². The van der Waals surface area contributed by atoms with Crippen LogP contribution in [0.15, 0.2) is 47.4 Å². The molecule has 0 saturated carbocycles. The summed E-state index contributed by atoms with van der Waals surface area (Å²) >= 11 is 0. The van der Waals surface area contributed by atoms with Crippen LogP contribution in [-0.4, -0.2) is 64.8 Å². The minimum atomic E-state index is -3.72. The molecule has 32 heavy (non-hydrogen) atoms. The molecule has 0 spiro atoms. The first-order valence-corrected chi connectivity index (χ1v) is 11.7. The van der Waals surface area contributed by atoms with Gasteiger partial charge < -0.3 is 24.3 Å². The van der Waals surface area contributed by atoms with E-state index in [1.807, 2.05) is 13.8 Å². The number of carbonyl (C=O) groups excluding carboxylic acids is 1. The van der Waals surface area contributed by atoms with Crippen molar-refractivity contribution in [2.24, 2.45) is 0 Å². The number of anilines is 1. The van der Waals surface area contributed by atoms with Crippen LogP contribution in [0.1, 0.15) is 13.8 Å². The number of carbonyl (C=O) groups is 1. The van der Waals surface area contributed by atoms with E-state index in [0.717, 1.165) is 0 Å². The number of nitrogens with zero attached hydrogens (tertiary/aromatic N) is 1.